The molecule has 1 spiro atoms. The molecule has 3 nitrogen and oxygen atoms in total. The minimum Gasteiger partial charge on any atom is -0.391 e. The first-order chi connectivity index (χ1) is 17.2. The van der Waals surface area contributed by atoms with Gasteiger partial charge < -0.3 is 15.5 Å². The van der Waals surface area contributed by atoms with Crippen molar-refractivity contribution in [1.29, 1.82) is 0 Å². The number of hydrogen-bond acceptors (Lipinski definition) is 4. The van der Waals surface area contributed by atoms with Crippen LogP contribution in [-0.4, -0.2) is 43.4 Å². The van der Waals surface area contributed by atoms with Crippen LogP contribution < -0.4 is 10.6 Å². The van der Waals surface area contributed by atoms with E-state index in [1.807, 2.05) is 45.7 Å². The van der Waals surface area contributed by atoms with E-state index in [1.54, 1.807) is 5.57 Å². The number of likely N-dealkylation sites (tertiary alicyclic amines) is 1. The van der Waals surface area contributed by atoms with E-state index < -0.39 is 0 Å². The molecule has 196 valence electrons. The van der Waals surface area contributed by atoms with Gasteiger partial charge in [0.2, 0.25) is 0 Å². The molecule has 0 aromatic heterocycles. The van der Waals surface area contributed by atoms with Gasteiger partial charge >= 0.3 is 0 Å². The van der Waals surface area contributed by atoms with Crippen molar-refractivity contribution in [3.63, 3.8) is 0 Å². The van der Waals surface area contributed by atoms with Gasteiger partial charge in [0.1, 0.15) is 0 Å². The van der Waals surface area contributed by atoms with E-state index in [0.717, 1.165) is 19.5 Å². The number of allylic oxidation sites excluding steroid dienone is 3. The largest absolute Gasteiger partial charge is 0.391 e. The van der Waals surface area contributed by atoms with Crippen molar-refractivity contribution in [2.45, 2.75) is 90.5 Å². The maximum absolute atomic E-state index is 3.81. The lowest BCUT2D eigenvalue weighted by atomic mass is 9.71. The van der Waals surface area contributed by atoms with Crippen molar-refractivity contribution in [1.82, 2.24) is 15.5 Å². The molecule has 1 saturated heterocycles. The molecule has 2 N–H and O–H groups in total. The molecule has 1 aromatic rings. The number of benzene rings is 1. The van der Waals surface area contributed by atoms with E-state index in [1.165, 1.54) is 73.3 Å². The smallest absolute Gasteiger partial charge is 0.0242 e. The first-order valence-electron chi connectivity index (χ1n) is 14.1. The molecular weight excluding hydrogens is 446 g/mol. The quantitative estimate of drug-likeness (QED) is 0.268. The van der Waals surface area contributed by atoms with Crippen LogP contribution in [0.1, 0.15) is 85.1 Å². The Morgan fingerprint density at radius 2 is 1.77 bits per heavy atom. The lowest BCUT2D eigenvalue weighted by Crippen LogP contribution is -2.47. The first-order valence-corrected chi connectivity index (χ1v) is 15.3. The van der Waals surface area contributed by atoms with Crippen LogP contribution in [0.15, 0.2) is 59.3 Å². The molecular formula is C31H51N3S. The maximum Gasteiger partial charge on any atom is 0.0242 e. The fourth-order valence-corrected chi connectivity index (χ4v) is 6.15. The Kier molecular flexibility index (Phi) is 13.1. The monoisotopic (exact) mass is 497 g/mol. The van der Waals surface area contributed by atoms with Crippen LogP contribution in [0.25, 0.3) is 5.57 Å². The highest BCUT2D eigenvalue weighted by Gasteiger charge is 2.43. The zero-order chi connectivity index (χ0) is 25.7. The third-order valence-electron chi connectivity index (χ3n) is 7.62. The van der Waals surface area contributed by atoms with Crippen molar-refractivity contribution in [2.75, 3.05) is 32.4 Å². The molecule has 4 rings (SSSR count). The molecule has 1 unspecified atom stereocenters. The van der Waals surface area contributed by atoms with Crippen LogP contribution in [-0.2, 0) is 0 Å². The Hall–Kier alpha value is -1.65. The zero-order valence-corrected chi connectivity index (χ0v) is 24.2. The second kappa shape index (κ2) is 15.5. The van der Waals surface area contributed by atoms with Crippen LogP contribution in [0.5, 0.6) is 0 Å². The molecule has 0 radical (unpaired) electrons. The van der Waals surface area contributed by atoms with Crippen molar-refractivity contribution >= 4 is 17.3 Å². The fourth-order valence-electron chi connectivity index (χ4n) is 5.75. The molecule has 1 atom stereocenters. The second-order valence-electron chi connectivity index (χ2n) is 9.35. The molecule has 0 amide bonds. The highest BCUT2D eigenvalue weighted by atomic mass is 32.2. The summed E-state index contributed by atoms with van der Waals surface area (Å²) in [6.07, 6.45) is 15.2. The minimum atomic E-state index is 0.340. The van der Waals surface area contributed by atoms with Gasteiger partial charge in [-0.15, -0.1) is 11.8 Å². The summed E-state index contributed by atoms with van der Waals surface area (Å²) in [6.45, 7) is 18.7. The van der Waals surface area contributed by atoms with Gasteiger partial charge in [-0.2, -0.15) is 0 Å². The molecule has 1 fully saturated rings. The molecule has 3 aliphatic rings. The van der Waals surface area contributed by atoms with Crippen molar-refractivity contribution in [3.8, 4) is 0 Å². The number of rotatable bonds is 9. The first kappa shape index (κ1) is 29.6. The van der Waals surface area contributed by atoms with Crippen molar-refractivity contribution in [2.24, 2.45) is 5.41 Å². The lowest BCUT2D eigenvalue weighted by molar-refractivity contribution is 0.0919. The molecule has 0 saturated carbocycles. The standard InChI is InChI=1S/C27H39N3S.2C2H6/c1-4-6-23(13-16-28-5-2)30-17-14-27(15-18-30)20-29-26-12-9-22(19-25(26)27)21-7-10-24(31-3)11-8-21;2*1-2/h5,7-8,10-11,19,23,28-29H,2,4,6,9,12-18,20H2,1,3H3;2*1-2H3. The van der Waals surface area contributed by atoms with Crippen LogP contribution in [0.3, 0.4) is 0 Å². The van der Waals surface area contributed by atoms with E-state index in [4.69, 9.17) is 0 Å². The van der Waals surface area contributed by atoms with Gasteiger partial charge in [0, 0.05) is 35.1 Å². The third kappa shape index (κ3) is 7.43. The molecule has 35 heavy (non-hydrogen) atoms. The molecule has 4 heteroatoms. The number of piperidine rings is 1. The fraction of sp³-hybridized carbons (Fsp3) is 0.613. The molecule has 2 aliphatic heterocycles. The summed E-state index contributed by atoms with van der Waals surface area (Å²) in [5, 5.41) is 7.11. The van der Waals surface area contributed by atoms with Gasteiger partial charge in [0.05, 0.1) is 0 Å². The van der Waals surface area contributed by atoms with Gasteiger partial charge in [0.25, 0.3) is 0 Å². The normalized spacial score (nSPS) is 19.3. The average molecular weight is 498 g/mol. The Labute approximate surface area is 220 Å². The molecule has 1 aromatic carbocycles. The molecule has 0 bridgehead atoms. The lowest BCUT2D eigenvalue weighted by Gasteiger charge is -2.43. The van der Waals surface area contributed by atoms with Gasteiger partial charge in [-0.25, -0.2) is 0 Å². The minimum absolute atomic E-state index is 0.340. The van der Waals surface area contributed by atoms with E-state index >= 15 is 0 Å². The van der Waals surface area contributed by atoms with Crippen LogP contribution in [0, 0.1) is 5.41 Å². The second-order valence-corrected chi connectivity index (χ2v) is 10.2. The summed E-state index contributed by atoms with van der Waals surface area (Å²) < 4.78 is 0. The van der Waals surface area contributed by atoms with Crippen LogP contribution in [0.4, 0.5) is 0 Å². The Morgan fingerprint density at radius 1 is 1.09 bits per heavy atom. The van der Waals surface area contributed by atoms with E-state index in [-0.39, 0.29) is 0 Å². The van der Waals surface area contributed by atoms with Crippen LogP contribution in [0.2, 0.25) is 0 Å². The number of fused-ring (bicyclic) bond motifs is 1. The van der Waals surface area contributed by atoms with E-state index in [0.29, 0.717) is 11.5 Å². The maximum atomic E-state index is 3.81. The number of nitrogens with zero attached hydrogens (tertiary/aromatic N) is 1. The van der Waals surface area contributed by atoms with E-state index in [9.17, 15) is 0 Å². The van der Waals surface area contributed by atoms with Gasteiger partial charge in [-0.3, -0.25) is 0 Å². The average Bonchev–Trinajstić information content (AvgIpc) is 3.28. The van der Waals surface area contributed by atoms with Crippen LogP contribution >= 0.6 is 11.8 Å². The number of hydrogen-bond donors (Lipinski definition) is 2. The summed E-state index contributed by atoms with van der Waals surface area (Å²) in [5.41, 5.74) is 6.42. The predicted molar refractivity (Wildman–Crippen MR) is 158 cm³/mol. The van der Waals surface area contributed by atoms with Gasteiger partial charge in [0.15, 0.2) is 0 Å². The SMILES string of the molecule is C=CNCCC(CCC)N1CCC2(CC1)CNC1=C2C=C(c2ccc(SC)cc2)CC1.CC.CC. The Morgan fingerprint density at radius 3 is 2.37 bits per heavy atom. The predicted octanol–water partition coefficient (Wildman–Crippen LogP) is 7.87. The third-order valence-corrected chi connectivity index (χ3v) is 8.36. The summed E-state index contributed by atoms with van der Waals surface area (Å²) >= 11 is 1.82. The Bertz CT molecular complexity index is 816. The summed E-state index contributed by atoms with van der Waals surface area (Å²) in [4.78, 5) is 4.11. The number of thioether (sulfide) groups is 1. The highest BCUT2D eigenvalue weighted by Crippen LogP contribution is 2.48. The van der Waals surface area contributed by atoms with E-state index in [2.05, 4.69) is 65.6 Å². The van der Waals surface area contributed by atoms with Crippen molar-refractivity contribution < 1.29 is 0 Å². The zero-order valence-electron chi connectivity index (χ0n) is 23.4. The molecule has 2 heterocycles. The molecule has 1 aliphatic carbocycles. The van der Waals surface area contributed by atoms with Crippen molar-refractivity contribution in [3.05, 3.63) is 60.0 Å². The summed E-state index contributed by atoms with van der Waals surface area (Å²) in [7, 11) is 0. The Balaban J connectivity index is 0.00000103. The summed E-state index contributed by atoms with van der Waals surface area (Å²) in [5.74, 6) is 0. The highest BCUT2D eigenvalue weighted by molar-refractivity contribution is 7.98. The number of nitrogens with one attached hydrogen (secondary N) is 2. The summed E-state index contributed by atoms with van der Waals surface area (Å²) in [6, 6.07) is 9.85. The van der Waals surface area contributed by atoms with Gasteiger partial charge in [-0.1, -0.05) is 65.8 Å². The topological polar surface area (TPSA) is 27.3 Å². The van der Waals surface area contributed by atoms with Gasteiger partial charge in [-0.05, 0) is 92.9 Å².